The van der Waals surface area contributed by atoms with Crippen LogP contribution in [0.5, 0.6) is 11.5 Å². The zero-order valence-electron chi connectivity index (χ0n) is 33.7. The fraction of sp³-hybridized carbons (Fsp3) is 0.255. The molecule has 0 radical (unpaired) electrons. The van der Waals surface area contributed by atoms with Crippen LogP contribution in [0.15, 0.2) is 91.4 Å². The molecule has 61 heavy (non-hydrogen) atoms. The fourth-order valence-electron chi connectivity index (χ4n) is 7.03. The predicted octanol–water partition coefficient (Wildman–Crippen LogP) is 8.80. The van der Waals surface area contributed by atoms with Crippen molar-refractivity contribution in [3.05, 3.63) is 140 Å². The topological polar surface area (TPSA) is 187 Å². The summed E-state index contributed by atoms with van der Waals surface area (Å²) in [7, 11) is 0. The molecule has 0 amide bonds. The number of fused-ring (bicyclic) bond motifs is 1. The maximum Gasteiger partial charge on any atom is 0.306 e. The number of nitriles is 1. The highest BCUT2D eigenvalue weighted by atomic mass is 35.5. The van der Waals surface area contributed by atoms with Crippen molar-refractivity contribution in [2.24, 2.45) is 0 Å². The number of pyridine rings is 2. The second-order valence-corrected chi connectivity index (χ2v) is 15.5. The number of rotatable bonds is 20. The number of aliphatic hydroxyl groups excluding tert-OH is 1. The van der Waals surface area contributed by atoms with E-state index in [1.807, 2.05) is 36.5 Å². The molecular formula is C47H45Cl2N5O7. The van der Waals surface area contributed by atoms with Crippen molar-refractivity contribution in [1.29, 1.82) is 5.26 Å². The molecule has 6 rings (SSSR count). The molecule has 2 heterocycles. The van der Waals surface area contributed by atoms with Crippen LogP contribution in [0.2, 0.25) is 10.0 Å². The molecule has 0 aliphatic heterocycles. The summed E-state index contributed by atoms with van der Waals surface area (Å²) in [5.74, 6) is -0.957. The number of nitrogens with zero attached hydrogens (tertiary/aromatic N) is 3. The van der Waals surface area contributed by atoms with Crippen LogP contribution in [0, 0.1) is 25.2 Å². The molecule has 4 aromatic carbocycles. The minimum Gasteiger partial charge on any atom is -0.488 e. The normalized spacial score (nSPS) is 11.6. The largest absolute Gasteiger partial charge is 0.488 e. The maximum atomic E-state index is 11.0. The summed E-state index contributed by atoms with van der Waals surface area (Å²) in [6.45, 7) is 5.93. The Morgan fingerprint density at radius 2 is 1.54 bits per heavy atom. The van der Waals surface area contributed by atoms with E-state index in [1.165, 1.54) is 6.20 Å². The number of ether oxygens (including phenoxy) is 2. The molecule has 14 heteroatoms. The number of carbonyl (C=O) groups is 2. The monoisotopic (exact) mass is 861 g/mol. The van der Waals surface area contributed by atoms with Crippen molar-refractivity contribution in [2.75, 3.05) is 13.1 Å². The second-order valence-electron chi connectivity index (χ2n) is 14.7. The first kappa shape index (κ1) is 44.5. The van der Waals surface area contributed by atoms with Crippen LogP contribution >= 0.6 is 23.2 Å². The Morgan fingerprint density at radius 1 is 0.787 bits per heavy atom. The third-order valence-electron chi connectivity index (χ3n) is 10.2. The van der Waals surface area contributed by atoms with Crippen LogP contribution in [0.25, 0.3) is 33.2 Å². The summed E-state index contributed by atoms with van der Waals surface area (Å²) in [6, 6.07) is 25.5. The van der Waals surface area contributed by atoms with Gasteiger partial charge >= 0.3 is 11.9 Å². The molecular weight excluding hydrogens is 817 g/mol. The lowest BCUT2D eigenvalue weighted by atomic mass is 9.89. The molecule has 0 aliphatic carbocycles. The van der Waals surface area contributed by atoms with Crippen molar-refractivity contribution in [1.82, 2.24) is 20.6 Å². The lowest BCUT2D eigenvalue weighted by Crippen LogP contribution is -2.28. The van der Waals surface area contributed by atoms with Gasteiger partial charge in [-0.3, -0.25) is 19.6 Å². The number of carboxylic acid groups (broad SMARTS) is 2. The van der Waals surface area contributed by atoms with Gasteiger partial charge in [-0.25, -0.2) is 0 Å². The Bertz CT molecular complexity index is 2600. The number of benzene rings is 4. The molecule has 5 N–H and O–H groups in total. The van der Waals surface area contributed by atoms with E-state index >= 15 is 0 Å². The van der Waals surface area contributed by atoms with Crippen molar-refractivity contribution in [3.63, 3.8) is 0 Å². The smallest absolute Gasteiger partial charge is 0.306 e. The van der Waals surface area contributed by atoms with Gasteiger partial charge in [0.2, 0.25) is 0 Å². The van der Waals surface area contributed by atoms with Crippen molar-refractivity contribution < 1.29 is 34.4 Å². The highest BCUT2D eigenvalue weighted by molar-refractivity contribution is 6.35. The van der Waals surface area contributed by atoms with E-state index < -0.39 is 18.0 Å². The summed E-state index contributed by atoms with van der Waals surface area (Å²) in [5.41, 5.74) is 10.5. The molecule has 0 aliphatic rings. The summed E-state index contributed by atoms with van der Waals surface area (Å²) in [4.78, 5) is 30.7. The van der Waals surface area contributed by atoms with Crippen LogP contribution in [-0.2, 0) is 35.9 Å². The second kappa shape index (κ2) is 20.9. The van der Waals surface area contributed by atoms with Gasteiger partial charge in [0.05, 0.1) is 33.7 Å². The number of carboxylic acids is 2. The summed E-state index contributed by atoms with van der Waals surface area (Å²) in [6.07, 6.45) is 4.14. The van der Waals surface area contributed by atoms with Gasteiger partial charge in [-0.2, -0.15) is 5.26 Å². The van der Waals surface area contributed by atoms with Crippen LogP contribution < -0.4 is 20.1 Å². The number of hydrogen-bond donors (Lipinski definition) is 5. The minimum atomic E-state index is -1.06. The molecule has 0 bridgehead atoms. The number of hydrogen-bond acceptors (Lipinski definition) is 10. The number of aliphatic carboxylic acids is 2. The highest BCUT2D eigenvalue weighted by Gasteiger charge is 2.17. The third-order valence-corrected chi connectivity index (χ3v) is 10.8. The highest BCUT2D eigenvalue weighted by Crippen LogP contribution is 2.38. The van der Waals surface area contributed by atoms with Crippen molar-refractivity contribution in [3.8, 4) is 39.8 Å². The lowest BCUT2D eigenvalue weighted by Gasteiger charge is -2.18. The van der Waals surface area contributed by atoms with E-state index in [4.69, 9.17) is 47.9 Å². The zero-order valence-corrected chi connectivity index (χ0v) is 35.2. The quantitative estimate of drug-likeness (QED) is 0.0460. The van der Waals surface area contributed by atoms with Gasteiger partial charge in [0.1, 0.15) is 30.8 Å². The number of nitrogens with one attached hydrogen (secondary N) is 2. The van der Waals surface area contributed by atoms with E-state index in [0.717, 1.165) is 61.0 Å². The Balaban J connectivity index is 1.21. The average molecular weight is 863 g/mol. The van der Waals surface area contributed by atoms with E-state index in [2.05, 4.69) is 59.8 Å². The average Bonchev–Trinajstić information content (AvgIpc) is 3.23. The van der Waals surface area contributed by atoms with Gasteiger partial charge in [0, 0.05) is 72.8 Å². The number of halogens is 2. The summed E-state index contributed by atoms with van der Waals surface area (Å²) < 4.78 is 12.6. The first-order valence-electron chi connectivity index (χ1n) is 19.6. The maximum absolute atomic E-state index is 11.0. The lowest BCUT2D eigenvalue weighted by molar-refractivity contribution is -0.139. The van der Waals surface area contributed by atoms with Gasteiger partial charge < -0.3 is 35.4 Å². The van der Waals surface area contributed by atoms with E-state index in [9.17, 15) is 20.0 Å². The van der Waals surface area contributed by atoms with E-state index in [-0.39, 0.29) is 32.6 Å². The minimum absolute atomic E-state index is 0.0597. The van der Waals surface area contributed by atoms with Crippen molar-refractivity contribution >= 4 is 46.0 Å². The zero-order chi connectivity index (χ0) is 43.5. The molecule has 2 aromatic heterocycles. The first-order chi connectivity index (χ1) is 29.4. The van der Waals surface area contributed by atoms with Gasteiger partial charge in [-0.15, -0.1) is 0 Å². The molecule has 0 saturated heterocycles. The molecule has 0 spiro atoms. The molecule has 1 unspecified atom stereocenters. The third kappa shape index (κ3) is 11.8. The standard InChI is InChI=1S/C47H45Cl2N5O7/c1-28-33(27-61-44-18-43(60-26-32-12-31(19-50)21-52-22-32)36(16-41(44)48)23-51-11-5-10-45(56)57)6-3-8-39(28)40-9-4-7-38(29(40)2)35-15-34-13-30(14-42(49)47(34)54-24-35)20-53-25-37(55)17-46(58)59/h3-4,6-9,12-16,18,21-22,24,37,51,53,55H,5,10-11,17,20,23,25-27H2,1-2H3,(H,56,57)(H,58,59). The van der Waals surface area contributed by atoms with Gasteiger partial charge in [0.25, 0.3) is 0 Å². The molecule has 0 fully saturated rings. The SMILES string of the molecule is Cc1c(COc2cc(OCc3cncc(C#N)c3)c(CNCCCC(=O)O)cc2Cl)cccc1-c1cccc(-c2cnc3c(Cl)cc(CNCC(O)CC(=O)O)cc3c2)c1C. The Kier molecular flexibility index (Phi) is 15.3. The number of aromatic nitrogens is 2. The Hall–Kier alpha value is -6.07. The molecule has 12 nitrogen and oxygen atoms in total. The van der Waals surface area contributed by atoms with Gasteiger partial charge in [-0.05, 0) is 96.1 Å². The first-order valence-corrected chi connectivity index (χ1v) is 20.4. The van der Waals surface area contributed by atoms with Crippen LogP contribution in [0.3, 0.4) is 0 Å². The summed E-state index contributed by atoms with van der Waals surface area (Å²) in [5, 5.41) is 45.3. The molecule has 0 saturated carbocycles. The fourth-order valence-corrected chi connectivity index (χ4v) is 7.57. The Labute approximate surface area is 363 Å². The number of aliphatic hydroxyl groups is 1. The molecule has 314 valence electrons. The van der Waals surface area contributed by atoms with Crippen LogP contribution in [0.4, 0.5) is 0 Å². The van der Waals surface area contributed by atoms with Crippen LogP contribution in [-0.4, -0.2) is 56.4 Å². The molecule has 1 atom stereocenters. The van der Waals surface area contributed by atoms with E-state index in [1.54, 1.807) is 24.4 Å². The summed E-state index contributed by atoms with van der Waals surface area (Å²) >= 11 is 13.4. The van der Waals surface area contributed by atoms with Gasteiger partial charge in [0.15, 0.2) is 0 Å². The van der Waals surface area contributed by atoms with Crippen molar-refractivity contribution in [2.45, 2.75) is 65.5 Å². The Morgan fingerprint density at radius 3 is 2.31 bits per heavy atom. The van der Waals surface area contributed by atoms with E-state index in [0.29, 0.717) is 58.7 Å². The predicted molar refractivity (Wildman–Crippen MR) is 235 cm³/mol. The molecule has 6 aromatic rings. The van der Waals surface area contributed by atoms with Crippen LogP contribution in [0.1, 0.15) is 58.2 Å². The van der Waals surface area contributed by atoms with Gasteiger partial charge in [-0.1, -0.05) is 59.6 Å².